The van der Waals surface area contributed by atoms with Crippen molar-refractivity contribution < 1.29 is 8.78 Å². The number of nitrogen functional groups attached to an aromatic ring is 1. The summed E-state index contributed by atoms with van der Waals surface area (Å²) >= 11 is 0. The molecule has 3 N–H and O–H groups in total. The first-order chi connectivity index (χ1) is 13.6. The highest BCUT2D eigenvalue weighted by molar-refractivity contribution is 5.84. The molecule has 4 rings (SSSR count). The zero-order valence-electron chi connectivity index (χ0n) is 15.0. The van der Waals surface area contributed by atoms with Gasteiger partial charge in [0.1, 0.15) is 23.8 Å². The number of aromatic nitrogens is 5. The van der Waals surface area contributed by atoms with E-state index < -0.39 is 11.6 Å². The summed E-state index contributed by atoms with van der Waals surface area (Å²) < 4.78 is 29.0. The smallest absolute Gasteiger partial charge is 0.166 e. The molecule has 4 aromatic rings. The van der Waals surface area contributed by atoms with E-state index in [1.54, 1.807) is 29.0 Å². The predicted molar refractivity (Wildman–Crippen MR) is 101 cm³/mol. The van der Waals surface area contributed by atoms with E-state index in [4.69, 9.17) is 5.73 Å². The van der Waals surface area contributed by atoms with Crippen LogP contribution in [0.2, 0.25) is 0 Å². The molecule has 9 heteroatoms. The number of nitrogens with two attached hydrogens (primary N) is 1. The fourth-order valence-electron chi connectivity index (χ4n) is 3.08. The molecule has 0 saturated heterocycles. The second kappa shape index (κ2) is 7.18. The Morgan fingerprint density at radius 2 is 2.04 bits per heavy atom. The van der Waals surface area contributed by atoms with Crippen molar-refractivity contribution in [2.45, 2.75) is 19.4 Å². The number of fused-ring (bicyclic) bond motifs is 1. The van der Waals surface area contributed by atoms with Gasteiger partial charge in [-0.3, -0.25) is 0 Å². The number of nitrogens with zero attached hydrogens (tertiary/aromatic N) is 5. The summed E-state index contributed by atoms with van der Waals surface area (Å²) in [5.74, 6) is -0.448. The third-order valence-electron chi connectivity index (χ3n) is 4.41. The third kappa shape index (κ3) is 3.22. The first kappa shape index (κ1) is 17.8. The lowest BCUT2D eigenvalue weighted by atomic mass is 10.0. The molecule has 28 heavy (non-hydrogen) atoms. The van der Waals surface area contributed by atoms with E-state index in [1.807, 2.05) is 6.92 Å². The molecule has 3 aromatic heterocycles. The van der Waals surface area contributed by atoms with Crippen LogP contribution in [-0.2, 0) is 0 Å². The standard InChI is InChI=1S/C19H17F2N7/c1-2-14(12-5-4-11(20)8-13(12)21)26-16-9-15(24-10-25-16)17-18(22)27-28-7-3-6-23-19(17)28/h3-10,14H,2H2,1H3,(H2,22,27)(H,24,25,26)/t14-/m1/s1. The van der Waals surface area contributed by atoms with Gasteiger partial charge in [0.2, 0.25) is 0 Å². The predicted octanol–water partition coefficient (Wildman–Crippen LogP) is 3.61. The Morgan fingerprint density at radius 1 is 1.18 bits per heavy atom. The number of hydrogen-bond donors (Lipinski definition) is 2. The number of halogens is 2. The lowest BCUT2D eigenvalue weighted by Gasteiger charge is -2.19. The average Bonchev–Trinajstić information content (AvgIpc) is 3.02. The highest BCUT2D eigenvalue weighted by atomic mass is 19.1. The third-order valence-corrected chi connectivity index (χ3v) is 4.41. The maximum Gasteiger partial charge on any atom is 0.166 e. The van der Waals surface area contributed by atoms with Gasteiger partial charge in [0.05, 0.1) is 17.3 Å². The van der Waals surface area contributed by atoms with E-state index in [9.17, 15) is 8.78 Å². The van der Waals surface area contributed by atoms with Crippen LogP contribution in [0, 0.1) is 11.6 Å². The maximum atomic E-state index is 14.2. The van der Waals surface area contributed by atoms with E-state index in [1.165, 1.54) is 18.5 Å². The molecular formula is C19H17F2N7. The van der Waals surface area contributed by atoms with Crippen LogP contribution in [0.15, 0.2) is 49.1 Å². The van der Waals surface area contributed by atoms with Crippen LogP contribution in [0.5, 0.6) is 0 Å². The Hall–Kier alpha value is -3.62. The zero-order valence-corrected chi connectivity index (χ0v) is 15.0. The van der Waals surface area contributed by atoms with Crippen LogP contribution in [-0.4, -0.2) is 24.6 Å². The van der Waals surface area contributed by atoms with Crippen molar-refractivity contribution in [3.63, 3.8) is 0 Å². The van der Waals surface area contributed by atoms with Crippen LogP contribution in [0.4, 0.5) is 20.4 Å². The van der Waals surface area contributed by atoms with Crippen molar-refractivity contribution in [3.05, 3.63) is 66.3 Å². The summed E-state index contributed by atoms with van der Waals surface area (Å²) in [6, 6.07) is 6.60. The zero-order chi connectivity index (χ0) is 19.7. The van der Waals surface area contributed by atoms with Crippen molar-refractivity contribution in [2.24, 2.45) is 0 Å². The quantitative estimate of drug-likeness (QED) is 0.548. The lowest BCUT2D eigenvalue weighted by molar-refractivity contribution is 0.558. The van der Waals surface area contributed by atoms with Gasteiger partial charge in [0, 0.05) is 30.1 Å². The minimum atomic E-state index is -0.614. The summed E-state index contributed by atoms with van der Waals surface area (Å²) in [6.45, 7) is 1.90. The molecule has 7 nitrogen and oxygen atoms in total. The van der Waals surface area contributed by atoms with Crippen molar-refractivity contribution in [2.75, 3.05) is 11.1 Å². The number of anilines is 2. The van der Waals surface area contributed by atoms with E-state index in [2.05, 4.69) is 25.4 Å². The summed E-state index contributed by atoms with van der Waals surface area (Å²) in [5, 5.41) is 7.40. The molecule has 0 aliphatic rings. The molecule has 0 radical (unpaired) electrons. The molecule has 0 fully saturated rings. The molecule has 142 valence electrons. The van der Waals surface area contributed by atoms with Gasteiger partial charge in [-0.05, 0) is 18.6 Å². The minimum Gasteiger partial charge on any atom is -0.382 e. The highest BCUT2D eigenvalue weighted by Crippen LogP contribution is 2.30. The Balaban J connectivity index is 1.69. The van der Waals surface area contributed by atoms with E-state index >= 15 is 0 Å². The van der Waals surface area contributed by atoms with E-state index in [0.29, 0.717) is 40.5 Å². The van der Waals surface area contributed by atoms with Crippen molar-refractivity contribution in [1.82, 2.24) is 24.6 Å². The van der Waals surface area contributed by atoms with Gasteiger partial charge in [-0.2, -0.15) is 0 Å². The molecule has 0 aliphatic heterocycles. The van der Waals surface area contributed by atoms with Crippen molar-refractivity contribution in [3.8, 4) is 11.3 Å². The maximum absolute atomic E-state index is 14.2. The summed E-state index contributed by atoms with van der Waals surface area (Å²) in [5.41, 5.74) is 8.11. The molecule has 0 spiro atoms. The molecule has 0 aliphatic carbocycles. The molecular weight excluding hydrogens is 364 g/mol. The summed E-state index contributed by atoms with van der Waals surface area (Å²) in [4.78, 5) is 12.8. The fourth-order valence-corrected chi connectivity index (χ4v) is 3.08. The monoisotopic (exact) mass is 381 g/mol. The molecule has 1 aromatic carbocycles. The van der Waals surface area contributed by atoms with Crippen LogP contribution in [0.25, 0.3) is 16.9 Å². The van der Waals surface area contributed by atoms with Gasteiger partial charge in [-0.25, -0.2) is 28.2 Å². The molecule has 0 bridgehead atoms. The minimum absolute atomic E-state index is 0.292. The second-order valence-electron chi connectivity index (χ2n) is 6.21. The normalized spacial score (nSPS) is 12.2. The Morgan fingerprint density at radius 3 is 2.82 bits per heavy atom. The van der Waals surface area contributed by atoms with Gasteiger partial charge < -0.3 is 11.1 Å². The summed E-state index contributed by atoms with van der Waals surface area (Å²) in [7, 11) is 0. The number of nitrogens with one attached hydrogen (secondary N) is 1. The number of benzene rings is 1. The van der Waals surface area contributed by atoms with E-state index in [-0.39, 0.29) is 6.04 Å². The first-order valence-corrected chi connectivity index (χ1v) is 8.69. The van der Waals surface area contributed by atoms with Crippen LogP contribution < -0.4 is 11.1 Å². The van der Waals surface area contributed by atoms with Gasteiger partial charge in [0.25, 0.3) is 0 Å². The van der Waals surface area contributed by atoms with Crippen LogP contribution in [0.3, 0.4) is 0 Å². The first-order valence-electron chi connectivity index (χ1n) is 8.69. The molecule has 0 saturated carbocycles. The van der Waals surface area contributed by atoms with Gasteiger partial charge in [-0.1, -0.05) is 13.0 Å². The largest absolute Gasteiger partial charge is 0.382 e. The molecule has 1 atom stereocenters. The summed E-state index contributed by atoms with van der Waals surface area (Å²) in [6.07, 6.45) is 5.34. The van der Waals surface area contributed by atoms with Crippen LogP contribution >= 0.6 is 0 Å². The molecule has 0 unspecified atom stereocenters. The average molecular weight is 381 g/mol. The highest BCUT2D eigenvalue weighted by Gasteiger charge is 2.18. The molecule has 3 heterocycles. The van der Waals surface area contributed by atoms with Crippen LogP contribution in [0.1, 0.15) is 24.9 Å². The lowest BCUT2D eigenvalue weighted by Crippen LogP contribution is -2.13. The SMILES string of the molecule is CC[C@@H](Nc1cc(-c2c(N)nn3cccnc23)ncn1)c1ccc(F)cc1F. The van der Waals surface area contributed by atoms with Gasteiger partial charge >= 0.3 is 0 Å². The van der Waals surface area contributed by atoms with E-state index in [0.717, 1.165) is 6.07 Å². The Labute approximate surface area is 159 Å². The van der Waals surface area contributed by atoms with Crippen molar-refractivity contribution >= 4 is 17.3 Å². The van der Waals surface area contributed by atoms with Crippen molar-refractivity contribution in [1.29, 1.82) is 0 Å². The fraction of sp³-hybridized carbons (Fsp3) is 0.158. The topological polar surface area (TPSA) is 94.0 Å². The molecule has 0 amide bonds. The van der Waals surface area contributed by atoms with Gasteiger partial charge in [-0.15, -0.1) is 5.10 Å². The Bertz CT molecular complexity index is 1140. The van der Waals surface area contributed by atoms with Gasteiger partial charge in [0.15, 0.2) is 11.5 Å². The second-order valence-corrected chi connectivity index (χ2v) is 6.21. The number of hydrogen-bond acceptors (Lipinski definition) is 6. The number of rotatable bonds is 5. The Kier molecular flexibility index (Phi) is 4.56.